The van der Waals surface area contributed by atoms with Crippen LogP contribution in [0.15, 0.2) is 41.4 Å². The second kappa shape index (κ2) is 5.73. The highest BCUT2D eigenvalue weighted by molar-refractivity contribution is 7.90. The Bertz CT molecular complexity index is 795. The van der Waals surface area contributed by atoms with E-state index in [1.54, 1.807) is 4.68 Å². The molecule has 2 aromatic rings. The van der Waals surface area contributed by atoms with Crippen LogP contribution in [0, 0.1) is 0 Å². The molecule has 1 aromatic carbocycles. The van der Waals surface area contributed by atoms with Gasteiger partial charge in [-0.3, -0.25) is 9.48 Å². The fourth-order valence-electron chi connectivity index (χ4n) is 2.26. The zero-order valence-corrected chi connectivity index (χ0v) is 13.1. The van der Waals surface area contributed by atoms with Crippen LogP contribution in [0.5, 0.6) is 0 Å². The SMILES string of the molecule is O=C(NS(=O)(=O)c1ccc(Cl)cc1)c1ccnn1C1CCC1. The number of halogens is 1. The first-order valence-corrected chi connectivity index (χ1v) is 8.70. The van der Waals surface area contributed by atoms with Crippen LogP contribution in [0.2, 0.25) is 5.02 Å². The number of nitrogens with one attached hydrogen (secondary N) is 1. The van der Waals surface area contributed by atoms with Crippen LogP contribution in [0.3, 0.4) is 0 Å². The van der Waals surface area contributed by atoms with Gasteiger partial charge in [-0.25, -0.2) is 13.1 Å². The quantitative estimate of drug-likeness (QED) is 0.927. The molecule has 116 valence electrons. The van der Waals surface area contributed by atoms with Gasteiger partial charge in [0.2, 0.25) is 0 Å². The highest BCUT2D eigenvalue weighted by atomic mass is 35.5. The van der Waals surface area contributed by atoms with Gasteiger partial charge in [-0.05, 0) is 49.6 Å². The van der Waals surface area contributed by atoms with Crippen molar-refractivity contribution < 1.29 is 13.2 Å². The first-order chi connectivity index (χ1) is 10.5. The Hall–Kier alpha value is -1.86. The van der Waals surface area contributed by atoms with Gasteiger partial charge in [-0.2, -0.15) is 5.10 Å². The van der Waals surface area contributed by atoms with Crippen molar-refractivity contribution >= 4 is 27.5 Å². The van der Waals surface area contributed by atoms with E-state index in [0.717, 1.165) is 19.3 Å². The van der Waals surface area contributed by atoms with Crippen molar-refractivity contribution in [2.45, 2.75) is 30.2 Å². The summed E-state index contributed by atoms with van der Waals surface area (Å²) in [7, 11) is -3.93. The van der Waals surface area contributed by atoms with Crippen molar-refractivity contribution in [3.05, 3.63) is 47.2 Å². The normalized spacial score (nSPS) is 15.3. The monoisotopic (exact) mass is 339 g/mol. The van der Waals surface area contributed by atoms with Gasteiger partial charge in [0.25, 0.3) is 15.9 Å². The minimum Gasteiger partial charge on any atom is -0.266 e. The molecular formula is C14H14ClN3O3S. The zero-order chi connectivity index (χ0) is 15.7. The summed E-state index contributed by atoms with van der Waals surface area (Å²) in [6.45, 7) is 0. The minimum absolute atomic E-state index is 0.0139. The van der Waals surface area contributed by atoms with Gasteiger partial charge in [0.15, 0.2) is 0 Å². The molecule has 1 saturated carbocycles. The number of nitrogens with zero attached hydrogens (tertiary/aromatic N) is 2. The highest BCUT2D eigenvalue weighted by Crippen LogP contribution is 2.31. The van der Waals surface area contributed by atoms with E-state index in [1.807, 2.05) is 0 Å². The maximum Gasteiger partial charge on any atom is 0.283 e. The molecule has 8 heteroatoms. The molecular weight excluding hydrogens is 326 g/mol. The molecule has 22 heavy (non-hydrogen) atoms. The third kappa shape index (κ3) is 2.86. The maximum atomic E-state index is 12.2. The first-order valence-electron chi connectivity index (χ1n) is 6.83. The molecule has 0 atom stereocenters. The molecule has 0 aliphatic heterocycles. The number of rotatable bonds is 4. The Balaban J connectivity index is 1.81. The largest absolute Gasteiger partial charge is 0.283 e. The summed E-state index contributed by atoms with van der Waals surface area (Å²) >= 11 is 5.73. The van der Waals surface area contributed by atoms with Crippen LogP contribution in [-0.4, -0.2) is 24.1 Å². The van der Waals surface area contributed by atoms with E-state index in [2.05, 4.69) is 9.82 Å². The van der Waals surface area contributed by atoms with Crippen LogP contribution in [-0.2, 0) is 10.0 Å². The number of hydrogen-bond donors (Lipinski definition) is 1. The fourth-order valence-corrected chi connectivity index (χ4v) is 3.35. The topological polar surface area (TPSA) is 81.1 Å². The molecule has 0 saturated heterocycles. The van der Waals surface area contributed by atoms with Crippen molar-refractivity contribution in [2.75, 3.05) is 0 Å². The molecule has 0 radical (unpaired) electrons. The number of benzene rings is 1. The van der Waals surface area contributed by atoms with Gasteiger partial charge in [-0.15, -0.1) is 0 Å². The third-order valence-electron chi connectivity index (χ3n) is 3.67. The van der Waals surface area contributed by atoms with Gasteiger partial charge in [0.05, 0.1) is 10.9 Å². The number of sulfonamides is 1. The summed E-state index contributed by atoms with van der Waals surface area (Å²) in [6.07, 6.45) is 4.49. The van der Waals surface area contributed by atoms with Crippen molar-refractivity contribution in [2.24, 2.45) is 0 Å². The molecule has 3 rings (SSSR count). The summed E-state index contributed by atoms with van der Waals surface area (Å²) < 4.78 is 28.1. The van der Waals surface area contributed by atoms with E-state index in [1.165, 1.54) is 36.5 Å². The van der Waals surface area contributed by atoms with Gasteiger partial charge < -0.3 is 0 Å². The van der Waals surface area contributed by atoms with Crippen molar-refractivity contribution in [3.8, 4) is 0 Å². The molecule has 1 heterocycles. The number of aromatic nitrogens is 2. The lowest BCUT2D eigenvalue weighted by atomic mass is 9.93. The summed E-state index contributed by atoms with van der Waals surface area (Å²) in [5, 5.41) is 4.54. The average molecular weight is 340 g/mol. The van der Waals surface area contributed by atoms with Gasteiger partial charge >= 0.3 is 0 Å². The van der Waals surface area contributed by atoms with E-state index in [9.17, 15) is 13.2 Å². The summed E-state index contributed by atoms with van der Waals surface area (Å²) in [6, 6.07) is 7.31. The number of carbonyl (C=O) groups excluding carboxylic acids is 1. The van der Waals surface area contributed by atoms with E-state index in [0.29, 0.717) is 5.02 Å². The Labute approximate surface area is 133 Å². The predicted octanol–water partition coefficient (Wildman–Crippen LogP) is 2.38. The molecule has 0 spiro atoms. The lowest BCUT2D eigenvalue weighted by Crippen LogP contribution is -2.33. The molecule has 1 N–H and O–H groups in total. The standard InChI is InChI=1S/C14H14ClN3O3S/c15-10-4-6-12(7-5-10)22(20,21)17-14(19)13-8-9-16-18(13)11-2-1-3-11/h4-9,11H,1-3H2,(H,17,19). The van der Waals surface area contributed by atoms with Crippen LogP contribution in [0.4, 0.5) is 0 Å². The summed E-state index contributed by atoms with van der Waals surface area (Å²) in [5.74, 6) is -0.681. The van der Waals surface area contributed by atoms with Crippen molar-refractivity contribution in [1.29, 1.82) is 0 Å². The van der Waals surface area contributed by atoms with E-state index in [4.69, 9.17) is 11.6 Å². The lowest BCUT2D eigenvalue weighted by Gasteiger charge is -2.27. The fraction of sp³-hybridized carbons (Fsp3) is 0.286. The molecule has 1 amide bonds. The van der Waals surface area contributed by atoms with Crippen LogP contribution >= 0.6 is 11.6 Å². The Kier molecular flexibility index (Phi) is 3.92. The molecule has 1 fully saturated rings. The molecule has 6 nitrogen and oxygen atoms in total. The minimum atomic E-state index is -3.93. The number of amides is 1. The zero-order valence-electron chi connectivity index (χ0n) is 11.6. The number of carbonyl (C=O) groups is 1. The lowest BCUT2D eigenvalue weighted by molar-refractivity contribution is 0.0963. The summed E-state index contributed by atoms with van der Waals surface area (Å²) in [4.78, 5) is 12.2. The van der Waals surface area contributed by atoms with E-state index in [-0.39, 0.29) is 16.6 Å². The molecule has 1 aromatic heterocycles. The Morgan fingerprint density at radius 3 is 2.50 bits per heavy atom. The van der Waals surface area contributed by atoms with E-state index >= 15 is 0 Å². The van der Waals surface area contributed by atoms with Gasteiger partial charge in [0, 0.05) is 11.2 Å². The molecule has 1 aliphatic rings. The van der Waals surface area contributed by atoms with Crippen LogP contribution in [0.1, 0.15) is 35.8 Å². The molecule has 0 bridgehead atoms. The summed E-state index contributed by atoms with van der Waals surface area (Å²) in [5.41, 5.74) is 0.252. The van der Waals surface area contributed by atoms with Crippen molar-refractivity contribution in [3.63, 3.8) is 0 Å². The highest BCUT2D eigenvalue weighted by Gasteiger charge is 2.26. The second-order valence-corrected chi connectivity index (χ2v) is 7.25. The molecule has 1 aliphatic carbocycles. The number of hydrogen-bond acceptors (Lipinski definition) is 4. The predicted molar refractivity (Wildman–Crippen MR) is 81.2 cm³/mol. The van der Waals surface area contributed by atoms with Gasteiger partial charge in [-0.1, -0.05) is 11.6 Å². The average Bonchev–Trinajstić information content (AvgIpc) is 2.85. The van der Waals surface area contributed by atoms with Gasteiger partial charge in [0.1, 0.15) is 5.69 Å². The van der Waals surface area contributed by atoms with Crippen molar-refractivity contribution in [1.82, 2.24) is 14.5 Å². The third-order valence-corrected chi connectivity index (χ3v) is 5.27. The van der Waals surface area contributed by atoms with Crippen LogP contribution < -0.4 is 4.72 Å². The van der Waals surface area contributed by atoms with Crippen LogP contribution in [0.25, 0.3) is 0 Å². The Morgan fingerprint density at radius 2 is 1.91 bits per heavy atom. The second-order valence-electron chi connectivity index (χ2n) is 5.13. The smallest absolute Gasteiger partial charge is 0.266 e. The Morgan fingerprint density at radius 1 is 1.23 bits per heavy atom. The first kappa shape index (κ1) is 15.1. The maximum absolute atomic E-state index is 12.2. The molecule has 0 unspecified atom stereocenters. The van der Waals surface area contributed by atoms with E-state index < -0.39 is 15.9 Å².